The summed E-state index contributed by atoms with van der Waals surface area (Å²) in [4.78, 5) is 23.9. The lowest BCUT2D eigenvalue weighted by Crippen LogP contribution is -2.21. The predicted octanol–water partition coefficient (Wildman–Crippen LogP) is 2.27. The number of nitrogens with one attached hydrogen (secondary N) is 2. The molecule has 3 aromatic rings. The van der Waals surface area contributed by atoms with Gasteiger partial charge in [0, 0.05) is 11.8 Å². The van der Waals surface area contributed by atoms with Crippen LogP contribution in [-0.4, -0.2) is 32.1 Å². The molecular weight excluding hydrogens is 386 g/mol. The Morgan fingerprint density at radius 2 is 1.82 bits per heavy atom. The molecule has 10 heteroatoms. The van der Waals surface area contributed by atoms with E-state index >= 15 is 0 Å². The largest absolute Gasteiger partial charge is 0.452 e. The van der Waals surface area contributed by atoms with Gasteiger partial charge >= 0.3 is 5.97 Å². The number of amides is 1. The highest BCUT2D eigenvalue weighted by Crippen LogP contribution is 2.17. The SMILES string of the molecule is O=C(COC(=O)c1cccc(NS(=O)(=O)c2ccccc2)c1)Nc1ccon1. The second-order valence-electron chi connectivity index (χ2n) is 5.51. The van der Waals surface area contributed by atoms with E-state index in [2.05, 4.69) is 19.7 Å². The lowest BCUT2D eigenvalue weighted by Gasteiger charge is -2.09. The molecule has 2 N–H and O–H groups in total. The van der Waals surface area contributed by atoms with Crippen molar-refractivity contribution in [3.8, 4) is 0 Å². The number of nitrogens with zero attached hydrogens (tertiary/aromatic N) is 1. The fourth-order valence-corrected chi connectivity index (χ4v) is 3.26. The van der Waals surface area contributed by atoms with E-state index in [1.807, 2.05) is 0 Å². The van der Waals surface area contributed by atoms with Crippen LogP contribution < -0.4 is 10.0 Å². The Hall–Kier alpha value is -3.66. The third kappa shape index (κ3) is 4.95. The molecule has 144 valence electrons. The minimum absolute atomic E-state index is 0.0856. The molecule has 0 aliphatic heterocycles. The molecule has 0 radical (unpaired) electrons. The molecule has 0 aliphatic carbocycles. The van der Waals surface area contributed by atoms with Crippen LogP contribution in [-0.2, 0) is 19.6 Å². The summed E-state index contributed by atoms with van der Waals surface area (Å²) >= 11 is 0. The fourth-order valence-electron chi connectivity index (χ4n) is 2.19. The standard InChI is InChI=1S/C18H15N3O6S/c22-17(19-16-9-10-27-20-16)12-26-18(23)13-5-4-6-14(11-13)21-28(24,25)15-7-2-1-3-8-15/h1-11,21H,12H2,(H,19,20,22). The Kier molecular flexibility index (Phi) is 5.70. The van der Waals surface area contributed by atoms with Gasteiger partial charge in [0.1, 0.15) is 6.26 Å². The molecule has 0 spiro atoms. The number of carbonyl (C=O) groups is 2. The molecule has 1 aromatic heterocycles. The number of anilines is 2. The van der Waals surface area contributed by atoms with E-state index in [0.29, 0.717) is 0 Å². The first-order valence-electron chi connectivity index (χ1n) is 7.99. The minimum atomic E-state index is -3.79. The van der Waals surface area contributed by atoms with Gasteiger partial charge in [-0.25, -0.2) is 13.2 Å². The van der Waals surface area contributed by atoms with Gasteiger partial charge in [0.05, 0.1) is 10.5 Å². The van der Waals surface area contributed by atoms with Crippen LogP contribution in [0.1, 0.15) is 10.4 Å². The molecule has 0 unspecified atom stereocenters. The van der Waals surface area contributed by atoms with Crippen LogP contribution in [0, 0.1) is 0 Å². The summed E-state index contributed by atoms with van der Waals surface area (Å²) < 4.78 is 36.6. The summed E-state index contributed by atoms with van der Waals surface area (Å²) in [7, 11) is -3.79. The van der Waals surface area contributed by atoms with Gasteiger partial charge in [-0.15, -0.1) is 0 Å². The van der Waals surface area contributed by atoms with Crippen LogP contribution >= 0.6 is 0 Å². The van der Waals surface area contributed by atoms with Crippen LogP contribution in [0.15, 0.2) is 76.3 Å². The van der Waals surface area contributed by atoms with Gasteiger partial charge in [0.25, 0.3) is 15.9 Å². The zero-order valence-corrected chi connectivity index (χ0v) is 15.2. The molecule has 0 saturated heterocycles. The van der Waals surface area contributed by atoms with E-state index in [9.17, 15) is 18.0 Å². The monoisotopic (exact) mass is 401 g/mol. The third-order valence-corrected chi connectivity index (χ3v) is 4.84. The first-order chi connectivity index (χ1) is 13.4. The van der Waals surface area contributed by atoms with Crippen molar-refractivity contribution >= 4 is 33.4 Å². The van der Waals surface area contributed by atoms with Crippen LogP contribution in [0.4, 0.5) is 11.5 Å². The van der Waals surface area contributed by atoms with Gasteiger partial charge in [-0.05, 0) is 30.3 Å². The van der Waals surface area contributed by atoms with Crippen LogP contribution in [0.5, 0.6) is 0 Å². The summed E-state index contributed by atoms with van der Waals surface area (Å²) in [5, 5.41) is 5.88. The van der Waals surface area contributed by atoms with Gasteiger partial charge in [-0.2, -0.15) is 0 Å². The van der Waals surface area contributed by atoms with E-state index in [0.717, 1.165) is 0 Å². The van der Waals surface area contributed by atoms with E-state index in [-0.39, 0.29) is 22.0 Å². The zero-order chi connectivity index (χ0) is 20.0. The second kappa shape index (κ2) is 8.35. The molecule has 1 amide bonds. The number of ether oxygens (including phenoxy) is 1. The number of carbonyl (C=O) groups excluding carboxylic acids is 2. The molecule has 3 rings (SSSR count). The molecule has 0 aliphatic rings. The number of hydrogen-bond acceptors (Lipinski definition) is 7. The predicted molar refractivity (Wildman–Crippen MR) is 99.1 cm³/mol. The van der Waals surface area contributed by atoms with Crippen molar-refractivity contribution in [1.29, 1.82) is 0 Å². The first kappa shape index (κ1) is 19.1. The average molecular weight is 401 g/mol. The number of sulfonamides is 1. The average Bonchev–Trinajstić information content (AvgIpc) is 3.19. The second-order valence-corrected chi connectivity index (χ2v) is 7.19. The van der Waals surface area contributed by atoms with Gasteiger partial charge in [0.2, 0.25) is 0 Å². The van der Waals surface area contributed by atoms with Gasteiger partial charge in [-0.3, -0.25) is 9.52 Å². The molecular formula is C18H15N3O6S. The van der Waals surface area contributed by atoms with E-state index in [1.165, 1.54) is 48.7 Å². The van der Waals surface area contributed by atoms with Crippen molar-refractivity contribution in [3.63, 3.8) is 0 Å². The number of hydrogen-bond donors (Lipinski definition) is 2. The van der Waals surface area contributed by atoms with Crippen molar-refractivity contribution in [2.75, 3.05) is 16.6 Å². The summed E-state index contributed by atoms with van der Waals surface area (Å²) in [5.41, 5.74) is 0.271. The highest BCUT2D eigenvalue weighted by Gasteiger charge is 2.16. The Morgan fingerprint density at radius 1 is 1.04 bits per heavy atom. The fraction of sp³-hybridized carbons (Fsp3) is 0.0556. The van der Waals surface area contributed by atoms with Crippen LogP contribution in [0.2, 0.25) is 0 Å². The molecule has 1 heterocycles. The van der Waals surface area contributed by atoms with E-state index in [4.69, 9.17) is 4.74 Å². The van der Waals surface area contributed by atoms with Crippen molar-refractivity contribution in [2.24, 2.45) is 0 Å². The van der Waals surface area contributed by atoms with Gasteiger partial charge in [-0.1, -0.05) is 29.4 Å². The van der Waals surface area contributed by atoms with E-state index in [1.54, 1.807) is 18.2 Å². The maximum absolute atomic E-state index is 12.4. The maximum atomic E-state index is 12.4. The van der Waals surface area contributed by atoms with E-state index < -0.39 is 28.5 Å². The Labute approximate surface area is 160 Å². The van der Waals surface area contributed by atoms with Crippen molar-refractivity contribution < 1.29 is 27.3 Å². The lowest BCUT2D eigenvalue weighted by atomic mass is 10.2. The number of esters is 1. The molecule has 0 saturated carbocycles. The van der Waals surface area contributed by atoms with Crippen molar-refractivity contribution in [1.82, 2.24) is 5.16 Å². The summed E-state index contributed by atoms with van der Waals surface area (Å²) in [5.74, 6) is -1.18. The topological polar surface area (TPSA) is 128 Å². The molecule has 9 nitrogen and oxygen atoms in total. The highest BCUT2D eigenvalue weighted by atomic mass is 32.2. The molecule has 0 fully saturated rings. The molecule has 2 aromatic carbocycles. The number of benzene rings is 2. The number of rotatable bonds is 7. The third-order valence-electron chi connectivity index (χ3n) is 3.44. The van der Waals surface area contributed by atoms with Crippen LogP contribution in [0.3, 0.4) is 0 Å². The molecule has 28 heavy (non-hydrogen) atoms. The minimum Gasteiger partial charge on any atom is -0.452 e. The smallest absolute Gasteiger partial charge is 0.338 e. The van der Waals surface area contributed by atoms with Crippen molar-refractivity contribution in [2.45, 2.75) is 4.90 Å². The first-order valence-corrected chi connectivity index (χ1v) is 9.48. The number of aromatic nitrogens is 1. The Bertz CT molecular complexity index is 1070. The maximum Gasteiger partial charge on any atom is 0.338 e. The summed E-state index contributed by atoms with van der Waals surface area (Å²) in [6, 6.07) is 15.0. The quantitative estimate of drug-likeness (QED) is 0.581. The normalized spacial score (nSPS) is 10.9. The van der Waals surface area contributed by atoms with Crippen LogP contribution in [0.25, 0.3) is 0 Å². The van der Waals surface area contributed by atoms with Crippen molar-refractivity contribution in [3.05, 3.63) is 72.5 Å². The summed E-state index contributed by atoms with van der Waals surface area (Å²) in [6.45, 7) is -0.536. The molecule has 0 bridgehead atoms. The zero-order valence-electron chi connectivity index (χ0n) is 14.4. The van der Waals surface area contributed by atoms with Gasteiger partial charge in [0.15, 0.2) is 12.4 Å². The summed E-state index contributed by atoms with van der Waals surface area (Å²) in [6.07, 6.45) is 1.28. The Morgan fingerprint density at radius 3 is 2.54 bits per heavy atom. The van der Waals surface area contributed by atoms with Gasteiger partial charge < -0.3 is 14.6 Å². The highest BCUT2D eigenvalue weighted by molar-refractivity contribution is 7.92. The molecule has 0 atom stereocenters. The Balaban J connectivity index is 1.62. The lowest BCUT2D eigenvalue weighted by molar-refractivity contribution is -0.119.